The minimum Gasteiger partial charge on any atom is -0.487 e. The van der Waals surface area contributed by atoms with E-state index in [9.17, 15) is 4.39 Å². The van der Waals surface area contributed by atoms with Crippen LogP contribution >= 0.6 is 27.3 Å². The highest BCUT2D eigenvalue weighted by molar-refractivity contribution is 9.10. The lowest BCUT2D eigenvalue weighted by molar-refractivity contribution is 0.307. The molecule has 0 aliphatic carbocycles. The van der Waals surface area contributed by atoms with Crippen LogP contribution in [0, 0.1) is 5.82 Å². The van der Waals surface area contributed by atoms with E-state index in [1.54, 1.807) is 23.6 Å². The largest absolute Gasteiger partial charge is 0.487 e. The second-order valence-corrected chi connectivity index (χ2v) is 5.50. The molecule has 1 N–H and O–H groups in total. The van der Waals surface area contributed by atoms with Gasteiger partial charge in [0.25, 0.3) is 0 Å². The van der Waals surface area contributed by atoms with Crippen molar-refractivity contribution in [3.05, 3.63) is 39.6 Å². The molecule has 18 heavy (non-hydrogen) atoms. The third-order valence-electron chi connectivity index (χ3n) is 2.15. The van der Waals surface area contributed by atoms with Gasteiger partial charge in [-0.25, -0.2) is 9.37 Å². The molecule has 0 aliphatic heterocycles. The molecule has 0 saturated heterocycles. The van der Waals surface area contributed by atoms with Crippen LogP contribution in [0.1, 0.15) is 11.8 Å². The Balaban J connectivity index is 1.97. The predicted molar refractivity (Wildman–Crippen MR) is 74.7 cm³/mol. The number of anilines is 1. The van der Waals surface area contributed by atoms with Crippen LogP contribution in [0.4, 0.5) is 9.52 Å². The van der Waals surface area contributed by atoms with Crippen molar-refractivity contribution in [2.24, 2.45) is 0 Å². The Bertz CT molecular complexity index is 533. The number of nitrogens with one attached hydrogen (secondary N) is 1. The van der Waals surface area contributed by atoms with E-state index in [-0.39, 0.29) is 5.82 Å². The summed E-state index contributed by atoms with van der Waals surface area (Å²) in [5.74, 6) is 0.330. The van der Waals surface area contributed by atoms with E-state index in [1.807, 2.05) is 6.92 Å². The zero-order valence-corrected chi connectivity index (χ0v) is 12.1. The standard InChI is InChI=1S/C12H12BrFN2OS/c1-2-15-12-16-6-9(18-12)7-17-11-4-3-8(14)5-10(11)13/h3-6H,2,7H2,1H3,(H,15,16). The maximum absolute atomic E-state index is 12.9. The van der Waals surface area contributed by atoms with Crippen LogP contribution in [0.5, 0.6) is 5.75 Å². The van der Waals surface area contributed by atoms with E-state index < -0.39 is 0 Å². The molecule has 1 heterocycles. The number of aromatic nitrogens is 1. The second kappa shape index (κ2) is 6.15. The second-order valence-electron chi connectivity index (χ2n) is 3.53. The minimum absolute atomic E-state index is 0.290. The third-order valence-corrected chi connectivity index (χ3v) is 3.69. The third kappa shape index (κ3) is 3.43. The topological polar surface area (TPSA) is 34.2 Å². The number of thiazole rings is 1. The molecule has 0 saturated carbocycles. The Morgan fingerprint density at radius 2 is 2.33 bits per heavy atom. The Labute approximate surface area is 117 Å². The number of halogens is 2. The zero-order valence-electron chi connectivity index (χ0n) is 9.74. The van der Waals surface area contributed by atoms with Crippen molar-refractivity contribution >= 4 is 32.4 Å². The summed E-state index contributed by atoms with van der Waals surface area (Å²) in [5.41, 5.74) is 0. The normalized spacial score (nSPS) is 10.4. The highest BCUT2D eigenvalue weighted by atomic mass is 79.9. The van der Waals surface area contributed by atoms with Gasteiger partial charge in [0.2, 0.25) is 0 Å². The fraction of sp³-hybridized carbons (Fsp3) is 0.250. The van der Waals surface area contributed by atoms with Gasteiger partial charge < -0.3 is 10.1 Å². The molecule has 0 fully saturated rings. The number of ether oxygens (including phenoxy) is 1. The first-order chi connectivity index (χ1) is 8.69. The summed E-state index contributed by atoms with van der Waals surface area (Å²) in [6.07, 6.45) is 1.78. The maximum Gasteiger partial charge on any atom is 0.182 e. The van der Waals surface area contributed by atoms with E-state index in [2.05, 4.69) is 26.2 Å². The van der Waals surface area contributed by atoms with Gasteiger partial charge in [0.15, 0.2) is 5.13 Å². The SMILES string of the molecule is CCNc1ncc(COc2ccc(F)cc2Br)s1. The van der Waals surface area contributed by atoms with Crippen LogP contribution in [0.25, 0.3) is 0 Å². The van der Waals surface area contributed by atoms with E-state index >= 15 is 0 Å². The molecule has 0 atom stereocenters. The Hall–Kier alpha value is -1.14. The van der Waals surface area contributed by atoms with Gasteiger partial charge >= 0.3 is 0 Å². The van der Waals surface area contributed by atoms with Crippen molar-refractivity contribution in [3.8, 4) is 5.75 Å². The molecule has 3 nitrogen and oxygen atoms in total. The average molecular weight is 331 g/mol. The molecule has 0 radical (unpaired) electrons. The first-order valence-corrected chi connectivity index (χ1v) is 7.06. The number of hydrogen-bond donors (Lipinski definition) is 1. The van der Waals surface area contributed by atoms with Crippen LogP contribution in [0.15, 0.2) is 28.9 Å². The van der Waals surface area contributed by atoms with Gasteiger partial charge in [0.05, 0.1) is 9.35 Å². The van der Waals surface area contributed by atoms with E-state index in [1.165, 1.54) is 12.1 Å². The van der Waals surface area contributed by atoms with Crippen molar-refractivity contribution < 1.29 is 9.13 Å². The van der Waals surface area contributed by atoms with Gasteiger partial charge in [-0.2, -0.15) is 0 Å². The molecule has 0 aliphatic rings. The van der Waals surface area contributed by atoms with E-state index in [0.29, 0.717) is 16.8 Å². The molecular formula is C12H12BrFN2OS. The summed E-state index contributed by atoms with van der Waals surface area (Å²) in [7, 11) is 0. The fourth-order valence-electron chi connectivity index (χ4n) is 1.35. The average Bonchev–Trinajstić information content (AvgIpc) is 2.76. The molecule has 0 spiro atoms. The van der Waals surface area contributed by atoms with Gasteiger partial charge in [-0.15, -0.1) is 0 Å². The van der Waals surface area contributed by atoms with Gasteiger partial charge in [-0.3, -0.25) is 0 Å². The van der Waals surface area contributed by atoms with Crippen LogP contribution in [-0.2, 0) is 6.61 Å². The lowest BCUT2D eigenvalue weighted by Crippen LogP contribution is -1.94. The summed E-state index contributed by atoms with van der Waals surface area (Å²) in [6, 6.07) is 4.36. The van der Waals surface area contributed by atoms with Crippen LogP contribution in [0.2, 0.25) is 0 Å². The van der Waals surface area contributed by atoms with Crippen molar-refractivity contribution in [1.29, 1.82) is 0 Å². The minimum atomic E-state index is -0.290. The van der Waals surface area contributed by atoms with Gasteiger partial charge in [-0.1, -0.05) is 11.3 Å². The highest BCUT2D eigenvalue weighted by Gasteiger charge is 2.05. The fourth-order valence-corrected chi connectivity index (χ4v) is 2.61. The van der Waals surface area contributed by atoms with E-state index in [4.69, 9.17) is 4.74 Å². The highest BCUT2D eigenvalue weighted by Crippen LogP contribution is 2.27. The molecule has 0 bridgehead atoms. The summed E-state index contributed by atoms with van der Waals surface area (Å²) < 4.78 is 19.1. The van der Waals surface area contributed by atoms with Crippen molar-refractivity contribution in [3.63, 3.8) is 0 Å². The number of nitrogens with zero attached hydrogens (tertiary/aromatic N) is 1. The molecule has 0 amide bonds. The Morgan fingerprint density at radius 3 is 3.06 bits per heavy atom. The van der Waals surface area contributed by atoms with Gasteiger partial charge in [0.1, 0.15) is 18.2 Å². The molecular weight excluding hydrogens is 319 g/mol. The lowest BCUT2D eigenvalue weighted by atomic mass is 10.3. The van der Waals surface area contributed by atoms with Crippen molar-refractivity contribution in [2.45, 2.75) is 13.5 Å². The number of rotatable bonds is 5. The molecule has 1 aromatic heterocycles. The van der Waals surface area contributed by atoms with Gasteiger partial charge in [-0.05, 0) is 41.1 Å². The van der Waals surface area contributed by atoms with Crippen LogP contribution in [-0.4, -0.2) is 11.5 Å². The van der Waals surface area contributed by atoms with Crippen molar-refractivity contribution in [2.75, 3.05) is 11.9 Å². The molecule has 0 unspecified atom stereocenters. The van der Waals surface area contributed by atoms with E-state index in [0.717, 1.165) is 16.6 Å². The molecule has 6 heteroatoms. The molecule has 96 valence electrons. The first kappa shape index (κ1) is 13.3. The number of hydrogen-bond acceptors (Lipinski definition) is 4. The lowest BCUT2D eigenvalue weighted by Gasteiger charge is -2.06. The number of benzene rings is 1. The summed E-state index contributed by atoms with van der Waals surface area (Å²) in [6.45, 7) is 3.29. The molecule has 1 aromatic carbocycles. The predicted octanol–water partition coefficient (Wildman–Crippen LogP) is 4.06. The quantitative estimate of drug-likeness (QED) is 0.897. The summed E-state index contributed by atoms with van der Waals surface area (Å²) in [4.78, 5) is 5.23. The first-order valence-electron chi connectivity index (χ1n) is 5.45. The van der Waals surface area contributed by atoms with Gasteiger partial charge in [0, 0.05) is 12.7 Å². The molecule has 2 rings (SSSR count). The van der Waals surface area contributed by atoms with Crippen molar-refractivity contribution in [1.82, 2.24) is 4.98 Å². The Morgan fingerprint density at radius 1 is 1.50 bits per heavy atom. The van der Waals surface area contributed by atoms with Crippen LogP contribution < -0.4 is 10.1 Å². The maximum atomic E-state index is 12.9. The summed E-state index contributed by atoms with van der Waals surface area (Å²) >= 11 is 4.81. The smallest absolute Gasteiger partial charge is 0.182 e. The Kier molecular flexibility index (Phi) is 4.54. The zero-order chi connectivity index (χ0) is 13.0. The monoisotopic (exact) mass is 330 g/mol. The van der Waals surface area contributed by atoms with Crippen LogP contribution in [0.3, 0.4) is 0 Å². The molecule has 2 aromatic rings. The summed E-state index contributed by atoms with van der Waals surface area (Å²) in [5, 5.41) is 4.02.